The van der Waals surface area contributed by atoms with Crippen LogP contribution in [0.3, 0.4) is 0 Å². The highest BCUT2D eigenvalue weighted by molar-refractivity contribution is 5.27. The molecule has 0 aliphatic heterocycles. The fourth-order valence-corrected chi connectivity index (χ4v) is 1.43. The second-order valence-electron chi connectivity index (χ2n) is 3.88. The molecule has 0 fully saturated rings. The van der Waals surface area contributed by atoms with Crippen molar-refractivity contribution in [3.8, 4) is 0 Å². The Hall–Kier alpha value is -1.24. The molecule has 0 aliphatic rings. The summed E-state index contributed by atoms with van der Waals surface area (Å²) in [6, 6.07) is 2.98. The van der Waals surface area contributed by atoms with E-state index in [4.69, 9.17) is 5.73 Å². The molecule has 0 radical (unpaired) electrons. The molecule has 2 N–H and O–H groups in total. The van der Waals surface area contributed by atoms with E-state index in [1.165, 1.54) is 6.07 Å². The van der Waals surface area contributed by atoms with Crippen LogP contribution in [0.25, 0.3) is 0 Å². The van der Waals surface area contributed by atoms with Crippen molar-refractivity contribution in [1.82, 2.24) is 0 Å². The fourth-order valence-electron chi connectivity index (χ4n) is 1.43. The van der Waals surface area contributed by atoms with Gasteiger partial charge in [0.15, 0.2) is 0 Å². The zero-order chi connectivity index (χ0) is 14.0. The Morgan fingerprint density at radius 2 is 1.67 bits per heavy atom. The molecule has 18 heavy (non-hydrogen) atoms. The third kappa shape index (κ3) is 4.56. The van der Waals surface area contributed by atoms with Crippen LogP contribution in [0.2, 0.25) is 0 Å². The van der Waals surface area contributed by atoms with E-state index in [0.29, 0.717) is 0 Å². The number of alkyl halides is 6. The minimum Gasteiger partial charge on any atom is -0.324 e. The summed E-state index contributed by atoms with van der Waals surface area (Å²) in [7, 11) is 0. The lowest BCUT2D eigenvalue weighted by molar-refractivity contribution is -0.138. The van der Waals surface area contributed by atoms with E-state index in [2.05, 4.69) is 0 Å². The first-order valence-corrected chi connectivity index (χ1v) is 5.09. The molecule has 102 valence electrons. The van der Waals surface area contributed by atoms with Gasteiger partial charge < -0.3 is 5.73 Å². The van der Waals surface area contributed by atoms with E-state index in [0.717, 1.165) is 18.2 Å². The molecule has 0 saturated heterocycles. The van der Waals surface area contributed by atoms with Crippen molar-refractivity contribution in [1.29, 1.82) is 0 Å². The average molecular weight is 271 g/mol. The van der Waals surface area contributed by atoms with Gasteiger partial charge in [0.05, 0.1) is 5.56 Å². The molecule has 0 bridgehead atoms. The summed E-state index contributed by atoms with van der Waals surface area (Å²) in [6.07, 6.45) is -10.5. The number of benzene rings is 1. The van der Waals surface area contributed by atoms with Crippen molar-refractivity contribution in [2.75, 3.05) is 0 Å². The molecule has 0 heterocycles. The zero-order valence-electron chi connectivity index (χ0n) is 9.15. The molecule has 1 atom stereocenters. The predicted molar refractivity (Wildman–Crippen MR) is 53.7 cm³/mol. The molecule has 0 aliphatic carbocycles. The van der Waals surface area contributed by atoms with Crippen LogP contribution in [0.15, 0.2) is 24.3 Å². The van der Waals surface area contributed by atoms with Crippen LogP contribution in [-0.4, -0.2) is 6.18 Å². The lowest BCUT2D eigenvalue weighted by Gasteiger charge is -2.15. The van der Waals surface area contributed by atoms with Crippen molar-refractivity contribution in [2.45, 2.75) is 31.2 Å². The van der Waals surface area contributed by atoms with E-state index in [9.17, 15) is 26.3 Å². The monoisotopic (exact) mass is 271 g/mol. The van der Waals surface area contributed by atoms with Gasteiger partial charge in [-0.1, -0.05) is 12.1 Å². The summed E-state index contributed by atoms with van der Waals surface area (Å²) in [6.45, 7) is 0. The molecule has 1 aromatic rings. The van der Waals surface area contributed by atoms with Gasteiger partial charge in [-0.3, -0.25) is 0 Å². The minimum atomic E-state index is -4.53. The first kappa shape index (κ1) is 14.8. The molecule has 1 unspecified atom stereocenters. The van der Waals surface area contributed by atoms with Gasteiger partial charge in [0.2, 0.25) is 0 Å². The molecule has 1 nitrogen and oxygen atoms in total. The minimum absolute atomic E-state index is 0.0501. The van der Waals surface area contributed by atoms with Crippen LogP contribution < -0.4 is 5.73 Å². The molecule has 1 aromatic carbocycles. The van der Waals surface area contributed by atoms with Gasteiger partial charge in [-0.15, -0.1) is 0 Å². The van der Waals surface area contributed by atoms with E-state index in [1.807, 2.05) is 0 Å². The summed E-state index contributed by atoms with van der Waals surface area (Å²) in [5, 5.41) is 0. The Kier molecular flexibility index (Phi) is 4.26. The smallest absolute Gasteiger partial charge is 0.324 e. The van der Waals surface area contributed by atoms with Crippen LogP contribution in [-0.2, 0) is 6.18 Å². The molecule has 1 rings (SSSR count). The topological polar surface area (TPSA) is 26.0 Å². The second-order valence-corrected chi connectivity index (χ2v) is 3.88. The maximum absolute atomic E-state index is 12.4. The number of rotatable bonds is 3. The van der Waals surface area contributed by atoms with Gasteiger partial charge in [0.1, 0.15) is 0 Å². The van der Waals surface area contributed by atoms with Gasteiger partial charge in [-0.25, -0.2) is 0 Å². The molecule has 0 saturated carbocycles. The largest absolute Gasteiger partial charge is 0.416 e. The number of nitrogens with two attached hydrogens (primary N) is 1. The van der Waals surface area contributed by atoms with Gasteiger partial charge in [-0.05, 0) is 24.1 Å². The summed E-state index contributed by atoms with van der Waals surface area (Å²) in [5.41, 5.74) is 4.58. The third-order valence-electron chi connectivity index (χ3n) is 2.38. The molecular formula is C11H11F6N. The molecular weight excluding hydrogens is 260 g/mol. The van der Waals surface area contributed by atoms with Crippen LogP contribution in [0.4, 0.5) is 26.3 Å². The van der Waals surface area contributed by atoms with Crippen LogP contribution in [0, 0.1) is 0 Å². The Morgan fingerprint density at radius 1 is 1.06 bits per heavy atom. The van der Waals surface area contributed by atoms with Crippen molar-refractivity contribution in [3.63, 3.8) is 0 Å². The molecule has 0 amide bonds. The predicted octanol–water partition coefficient (Wildman–Crippen LogP) is 4.05. The maximum Gasteiger partial charge on any atom is 0.416 e. The van der Waals surface area contributed by atoms with E-state index < -0.39 is 36.8 Å². The highest BCUT2D eigenvalue weighted by Gasteiger charge is 2.31. The van der Waals surface area contributed by atoms with Gasteiger partial charge >= 0.3 is 12.4 Å². The van der Waals surface area contributed by atoms with Crippen molar-refractivity contribution in [2.24, 2.45) is 5.73 Å². The summed E-state index contributed by atoms with van der Waals surface area (Å²) < 4.78 is 73.1. The highest BCUT2D eigenvalue weighted by atomic mass is 19.4. The summed E-state index contributed by atoms with van der Waals surface area (Å²) in [5.74, 6) is 0. The van der Waals surface area contributed by atoms with Crippen LogP contribution in [0.5, 0.6) is 0 Å². The standard InChI is InChI=1S/C11H11F6N/c12-10(13,14)5-4-9(18)7-2-1-3-8(6-7)11(15,16)17/h1-3,6,9H,4-5,18H2. The lowest BCUT2D eigenvalue weighted by Crippen LogP contribution is -2.16. The summed E-state index contributed by atoms with van der Waals surface area (Å²) in [4.78, 5) is 0. The van der Waals surface area contributed by atoms with Crippen LogP contribution in [0.1, 0.15) is 30.0 Å². The van der Waals surface area contributed by atoms with Crippen molar-refractivity contribution >= 4 is 0 Å². The number of hydrogen-bond acceptors (Lipinski definition) is 1. The quantitative estimate of drug-likeness (QED) is 0.825. The summed E-state index contributed by atoms with van der Waals surface area (Å²) >= 11 is 0. The van der Waals surface area contributed by atoms with E-state index in [1.54, 1.807) is 0 Å². The number of hydrogen-bond donors (Lipinski definition) is 1. The Labute approximate surface area is 99.6 Å². The van der Waals surface area contributed by atoms with Crippen molar-refractivity contribution < 1.29 is 26.3 Å². The second kappa shape index (κ2) is 5.17. The SMILES string of the molecule is NC(CCC(F)(F)F)c1cccc(C(F)(F)F)c1. The first-order chi connectivity index (χ1) is 8.09. The van der Waals surface area contributed by atoms with Crippen molar-refractivity contribution in [3.05, 3.63) is 35.4 Å². The Balaban J connectivity index is 2.78. The Bertz CT molecular complexity index is 395. The lowest BCUT2D eigenvalue weighted by atomic mass is 10.0. The van der Waals surface area contributed by atoms with E-state index >= 15 is 0 Å². The van der Waals surface area contributed by atoms with E-state index in [-0.39, 0.29) is 5.56 Å². The molecule has 7 heteroatoms. The third-order valence-corrected chi connectivity index (χ3v) is 2.38. The fraction of sp³-hybridized carbons (Fsp3) is 0.455. The van der Waals surface area contributed by atoms with Gasteiger partial charge in [0, 0.05) is 12.5 Å². The Morgan fingerprint density at radius 3 is 2.17 bits per heavy atom. The average Bonchev–Trinajstić information content (AvgIpc) is 2.24. The number of halogens is 6. The molecule has 0 spiro atoms. The highest BCUT2D eigenvalue weighted by Crippen LogP contribution is 2.32. The molecule has 0 aromatic heterocycles. The van der Waals surface area contributed by atoms with Crippen LogP contribution >= 0.6 is 0 Å². The first-order valence-electron chi connectivity index (χ1n) is 5.09. The normalized spacial score (nSPS) is 14.6. The van der Waals surface area contributed by atoms with Gasteiger partial charge in [0.25, 0.3) is 0 Å². The maximum atomic E-state index is 12.4. The zero-order valence-corrected chi connectivity index (χ0v) is 9.15. The van der Waals surface area contributed by atoms with Gasteiger partial charge in [-0.2, -0.15) is 26.3 Å².